The van der Waals surface area contributed by atoms with E-state index in [4.69, 9.17) is 4.84 Å². The summed E-state index contributed by atoms with van der Waals surface area (Å²) >= 11 is 0. The van der Waals surface area contributed by atoms with Gasteiger partial charge in [-0.15, -0.1) is 0 Å². The number of piperazine rings is 1. The molecule has 7 nitrogen and oxygen atoms in total. The van der Waals surface area contributed by atoms with Crippen LogP contribution in [0.3, 0.4) is 0 Å². The molecule has 1 atom stereocenters. The maximum Gasteiger partial charge on any atom is 0.416 e. The smallest absolute Gasteiger partial charge is 0.387 e. The Morgan fingerprint density at radius 2 is 1.68 bits per heavy atom. The second-order valence-electron chi connectivity index (χ2n) is 10.2. The quantitative estimate of drug-likeness (QED) is 0.527. The second kappa shape index (κ2) is 11.0. The van der Waals surface area contributed by atoms with Gasteiger partial charge in [0.1, 0.15) is 12.3 Å². The van der Waals surface area contributed by atoms with Crippen LogP contribution in [-0.2, 0) is 27.5 Å². The van der Waals surface area contributed by atoms with E-state index in [2.05, 4.69) is 45.4 Å². The van der Waals surface area contributed by atoms with Crippen molar-refractivity contribution in [3.8, 4) is 0 Å². The highest BCUT2D eigenvalue weighted by molar-refractivity contribution is 7.89. The number of aryl methyl sites for hydroxylation is 1. The minimum Gasteiger partial charge on any atom is -0.387 e. The molecule has 3 aliphatic heterocycles. The third kappa shape index (κ3) is 5.75. The largest absolute Gasteiger partial charge is 0.416 e. The number of hydrogen-bond donors (Lipinski definition) is 0. The number of rotatable bonds is 7. The number of hydrogen-bond acceptors (Lipinski definition) is 6. The van der Waals surface area contributed by atoms with Crippen LogP contribution >= 0.6 is 0 Å². The molecule has 3 aliphatic rings. The van der Waals surface area contributed by atoms with E-state index in [-0.39, 0.29) is 24.0 Å². The van der Waals surface area contributed by atoms with Crippen LogP contribution in [0.15, 0.2) is 64.6 Å². The van der Waals surface area contributed by atoms with Gasteiger partial charge >= 0.3 is 6.18 Å². The molecule has 0 saturated carbocycles. The van der Waals surface area contributed by atoms with Gasteiger partial charge in [-0.1, -0.05) is 41.6 Å². The first kappa shape index (κ1) is 27.1. The monoisotopic (exact) mass is 549 g/mol. The third-order valence-electron chi connectivity index (χ3n) is 7.82. The Balaban J connectivity index is 1.15. The van der Waals surface area contributed by atoms with Crippen molar-refractivity contribution in [1.29, 1.82) is 0 Å². The van der Waals surface area contributed by atoms with Crippen LogP contribution < -0.4 is 0 Å². The van der Waals surface area contributed by atoms with Crippen molar-refractivity contribution in [3.05, 3.63) is 65.7 Å². The number of benzene rings is 2. The van der Waals surface area contributed by atoms with Gasteiger partial charge in [-0.05, 0) is 43.1 Å². The van der Waals surface area contributed by atoms with Gasteiger partial charge in [-0.25, -0.2) is 8.42 Å². The molecule has 1 unspecified atom stereocenters. The van der Waals surface area contributed by atoms with Crippen molar-refractivity contribution in [3.63, 3.8) is 0 Å². The van der Waals surface area contributed by atoms with E-state index in [0.29, 0.717) is 18.9 Å². The lowest BCUT2D eigenvalue weighted by molar-refractivity contribution is -0.137. The molecule has 0 amide bonds. The van der Waals surface area contributed by atoms with E-state index in [1.165, 1.54) is 15.9 Å². The lowest BCUT2D eigenvalue weighted by atomic mass is 9.84. The molecule has 5 rings (SSSR count). The Morgan fingerprint density at radius 3 is 2.37 bits per heavy atom. The number of piperidine rings is 1. The maximum absolute atomic E-state index is 13.1. The molecule has 3 heterocycles. The summed E-state index contributed by atoms with van der Waals surface area (Å²) in [5, 5.41) is 4.00. The minimum absolute atomic E-state index is 0.145. The van der Waals surface area contributed by atoms with Gasteiger partial charge in [0.25, 0.3) is 0 Å². The summed E-state index contributed by atoms with van der Waals surface area (Å²) < 4.78 is 66.9. The van der Waals surface area contributed by atoms with Crippen LogP contribution in [0, 0.1) is 0 Å². The van der Waals surface area contributed by atoms with Crippen LogP contribution in [0.1, 0.15) is 30.4 Å². The lowest BCUT2D eigenvalue weighted by Crippen LogP contribution is -2.61. The number of halogens is 3. The zero-order valence-corrected chi connectivity index (χ0v) is 21.9. The zero-order chi connectivity index (χ0) is 26.8. The van der Waals surface area contributed by atoms with E-state index in [1.807, 2.05) is 6.07 Å². The van der Waals surface area contributed by atoms with Crippen molar-refractivity contribution in [1.82, 2.24) is 14.1 Å². The second-order valence-corrected chi connectivity index (χ2v) is 12.1. The predicted octanol–water partition coefficient (Wildman–Crippen LogP) is 3.74. The summed E-state index contributed by atoms with van der Waals surface area (Å²) in [6.45, 7) is 4.87. The van der Waals surface area contributed by atoms with Gasteiger partial charge in [-0.2, -0.15) is 17.5 Å². The first-order valence-corrected chi connectivity index (χ1v) is 14.4. The lowest BCUT2D eigenvalue weighted by Gasteiger charge is -2.45. The van der Waals surface area contributed by atoms with Crippen LogP contribution in [0.5, 0.6) is 0 Å². The molecule has 0 aromatic heterocycles. The van der Waals surface area contributed by atoms with Gasteiger partial charge < -0.3 is 9.74 Å². The SMILES string of the molecule is O=S(=O)(c1cccc(C(F)(F)F)c1)N1CCC2(CC1)ON=[C]C2N1CCN(CCCc2ccccc2)CC1. The van der Waals surface area contributed by atoms with Crippen LogP contribution in [0.25, 0.3) is 0 Å². The number of nitrogens with zero attached hydrogens (tertiary/aromatic N) is 4. The first-order chi connectivity index (χ1) is 18.2. The fourth-order valence-corrected chi connectivity index (χ4v) is 7.09. The average Bonchev–Trinajstić information content (AvgIpc) is 3.32. The Labute approximate surface area is 221 Å². The van der Waals surface area contributed by atoms with E-state index in [0.717, 1.165) is 57.7 Å². The van der Waals surface area contributed by atoms with Crippen LogP contribution in [0.4, 0.5) is 13.2 Å². The normalized spacial score (nSPS) is 23.1. The van der Waals surface area contributed by atoms with Crippen molar-refractivity contribution >= 4 is 16.2 Å². The topological polar surface area (TPSA) is 65.5 Å². The standard InChI is InChI=1S/C27H32F3N4O3S/c28-27(29,30)23-9-4-10-24(20-23)38(35,36)34-14-11-26(12-15-34)25(21-31-37-26)33-18-16-32(17-19-33)13-5-8-22-6-2-1-3-7-22/h1-4,6-7,9-10,20,25H,5,8,11-19H2. The van der Waals surface area contributed by atoms with Gasteiger partial charge in [0.2, 0.25) is 10.0 Å². The molecule has 38 heavy (non-hydrogen) atoms. The summed E-state index contributed by atoms with van der Waals surface area (Å²) in [5.74, 6) is 0. The molecular weight excluding hydrogens is 517 g/mol. The van der Waals surface area contributed by atoms with Crippen LogP contribution in [-0.4, -0.2) is 86.2 Å². The summed E-state index contributed by atoms with van der Waals surface area (Å²) in [5.41, 5.74) is -0.299. The molecule has 2 aromatic rings. The van der Waals surface area contributed by atoms with E-state index in [9.17, 15) is 21.6 Å². The molecule has 1 spiro atoms. The van der Waals surface area contributed by atoms with Crippen molar-refractivity contribution in [2.45, 2.75) is 48.4 Å². The highest BCUT2D eigenvalue weighted by Crippen LogP contribution is 2.38. The fourth-order valence-electron chi connectivity index (χ4n) is 5.60. The molecule has 0 N–H and O–H groups in total. The minimum atomic E-state index is -4.61. The first-order valence-electron chi connectivity index (χ1n) is 13.0. The van der Waals surface area contributed by atoms with Crippen molar-refractivity contribution < 1.29 is 26.4 Å². The predicted molar refractivity (Wildman–Crippen MR) is 137 cm³/mol. The summed E-state index contributed by atoms with van der Waals surface area (Å²) in [6.07, 6.45) is 1.43. The molecule has 0 bridgehead atoms. The van der Waals surface area contributed by atoms with Crippen LogP contribution in [0.2, 0.25) is 0 Å². The highest BCUT2D eigenvalue weighted by atomic mass is 32.2. The Morgan fingerprint density at radius 1 is 0.974 bits per heavy atom. The Kier molecular flexibility index (Phi) is 7.82. The molecule has 1 radical (unpaired) electrons. The highest BCUT2D eigenvalue weighted by Gasteiger charge is 2.51. The molecule has 11 heteroatoms. The van der Waals surface area contributed by atoms with Gasteiger partial charge in [0.05, 0.1) is 10.5 Å². The average molecular weight is 550 g/mol. The Bertz CT molecular complexity index is 1220. The number of sulfonamides is 1. The molecule has 2 saturated heterocycles. The molecule has 205 valence electrons. The fraction of sp³-hybridized carbons (Fsp3) is 0.519. The number of alkyl halides is 3. The van der Waals surface area contributed by atoms with E-state index < -0.39 is 27.4 Å². The molecular formula is C27H32F3N4O3S. The molecule has 2 aromatic carbocycles. The van der Waals surface area contributed by atoms with E-state index >= 15 is 0 Å². The van der Waals surface area contributed by atoms with Gasteiger partial charge in [-0.3, -0.25) is 4.90 Å². The van der Waals surface area contributed by atoms with Gasteiger partial charge in [0.15, 0.2) is 5.60 Å². The molecule has 0 aliphatic carbocycles. The summed E-state index contributed by atoms with van der Waals surface area (Å²) in [7, 11) is -4.06. The van der Waals surface area contributed by atoms with E-state index in [1.54, 1.807) is 0 Å². The van der Waals surface area contributed by atoms with Crippen molar-refractivity contribution in [2.24, 2.45) is 5.16 Å². The third-order valence-corrected chi connectivity index (χ3v) is 9.72. The Hall–Kier alpha value is -2.47. The molecule has 2 fully saturated rings. The maximum atomic E-state index is 13.1. The summed E-state index contributed by atoms with van der Waals surface area (Å²) in [4.78, 5) is 10.2. The van der Waals surface area contributed by atoms with Gasteiger partial charge in [0, 0.05) is 52.1 Å². The summed E-state index contributed by atoms with van der Waals surface area (Å²) in [6, 6.07) is 14.2. The zero-order valence-electron chi connectivity index (χ0n) is 21.1. The van der Waals surface area contributed by atoms with Crippen molar-refractivity contribution in [2.75, 3.05) is 45.8 Å².